The molecule has 0 saturated carbocycles. The third-order valence-corrected chi connectivity index (χ3v) is 6.78. The molecule has 0 radical (unpaired) electrons. The summed E-state index contributed by atoms with van der Waals surface area (Å²) in [5, 5.41) is 0. The zero-order valence-electron chi connectivity index (χ0n) is 15.5. The summed E-state index contributed by atoms with van der Waals surface area (Å²) < 4.78 is 38.3. The first-order valence-electron chi connectivity index (χ1n) is 8.82. The van der Waals surface area contributed by atoms with E-state index in [1.807, 2.05) is 31.2 Å². The van der Waals surface area contributed by atoms with Crippen molar-refractivity contribution in [1.82, 2.24) is 4.31 Å². The lowest BCUT2D eigenvalue weighted by atomic mass is 10.1. The van der Waals surface area contributed by atoms with Crippen LogP contribution in [0.25, 0.3) is 0 Å². The van der Waals surface area contributed by atoms with Gasteiger partial charge in [-0.15, -0.1) is 0 Å². The van der Waals surface area contributed by atoms with Crippen molar-refractivity contribution in [3.63, 3.8) is 0 Å². The zero-order valence-corrected chi connectivity index (χ0v) is 16.3. The molecule has 1 aliphatic rings. The monoisotopic (exact) mass is 375 g/mol. The van der Waals surface area contributed by atoms with Crippen LogP contribution < -0.4 is 9.47 Å². The number of ether oxygens (including phenoxy) is 2. The van der Waals surface area contributed by atoms with Gasteiger partial charge in [0.1, 0.15) is 0 Å². The standard InChI is InChI=1S/C20H25NO4S/c1-4-21(14-15-8-11-19(24-2)20(12-15)25-3)26(22,23)18-10-9-16-6-5-7-17(16)13-18/h8-13H,4-7,14H2,1-3H3. The molecule has 140 valence electrons. The van der Waals surface area contributed by atoms with Crippen molar-refractivity contribution in [2.75, 3.05) is 20.8 Å². The van der Waals surface area contributed by atoms with Crippen molar-refractivity contribution in [3.8, 4) is 11.5 Å². The Morgan fingerprint density at radius 1 is 0.962 bits per heavy atom. The summed E-state index contributed by atoms with van der Waals surface area (Å²) in [6, 6.07) is 11.0. The Kier molecular flexibility index (Phi) is 5.53. The molecule has 0 aromatic heterocycles. The maximum Gasteiger partial charge on any atom is 0.243 e. The Labute approximate surface area is 155 Å². The highest BCUT2D eigenvalue weighted by atomic mass is 32.2. The molecule has 0 heterocycles. The number of benzene rings is 2. The fraction of sp³-hybridized carbons (Fsp3) is 0.400. The molecule has 2 aromatic rings. The van der Waals surface area contributed by atoms with Crippen molar-refractivity contribution in [3.05, 3.63) is 53.1 Å². The average molecular weight is 375 g/mol. The van der Waals surface area contributed by atoms with Crippen LogP contribution in [0.4, 0.5) is 0 Å². The quantitative estimate of drug-likeness (QED) is 0.744. The molecule has 2 aromatic carbocycles. The smallest absolute Gasteiger partial charge is 0.243 e. The van der Waals surface area contributed by atoms with Crippen molar-refractivity contribution < 1.29 is 17.9 Å². The van der Waals surface area contributed by atoms with E-state index in [1.165, 1.54) is 9.87 Å². The van der Waals surface area contributed by atoms with Gasteiger partial charge in [0.05, 0.1) is 19.1 Å². The highest BCUT2D eigenvalue weighted by Gasteiger charge is 2.25. The van der Waals surface area contributed by atoms with E-state index in [9.17, 15) is 8.42 Å². The van der Waals surface area contributed by atoms with Gasteiger partial charge in [-0.05, 0) is 60.2 Å². The summed E-state index contributed by atoms with van der Waals surface area (Å²) in [6.45, 7) is 2.54. The molecule has 3 rings (SSSR count). The van der Waals surface area contributed by atoms with Gasteiger partial charge in [-0.2, -0.15) is 4.31 Å². The number of methoxy groups -OCH3 is 2. The van der Waals surface area contributed by atoms with Gasteiger partial charge in [-0.1, -0.05) is 19.1 Å². The number of hydrogen-bond donors (Lipinski definition) is 0. The van der Waals surface area contributed by atoms with Crippen molar-refractivity contribution in [2.24, 2.45) is 0 Å². The van der Waals surface area contributed by atoms with E-state index in [0.29, 0.717) is 22.9 Å². The summed E-state index contributed by atoms with van der Waals surface area (Å²) >= 11 is 0. The molecule has 1 aliphatic carbocycles. The second-order valence-electron chi connectivity index (χ2n) is 6.40. The van der Waals surface area contributed by atoms with Crippen LogP contribution in [-0.4, -0.2) is 33.5 Å². The van der Waals surface area contributed by atoms with Gasteiger partial charge in [0.2, 0.25) is 10.0 Å². The predicted octanol–water partition coefficient (Wildman–Crippen LogP) is 3.40. The van der Waals surface area contributed by atoms with E-state index < -0.39 is 10.0 Å². The lowest BCUT2D eigenvalue weighted by Crippen LogP contribution is -2.30. The van der Waals surface area contributed by atoms with E-state index in [2.05, 4.69) is 0 Å². The van der Waals surface area contributed by atoms with Crippen LogP contribution in [-0.2, 0) is 29.4 Å². The molecular weight excluding hydrogens is 350 g/mol. The van der Waals surface area contributed by atoms with Gasteiger partial charge in [0, 0.05) is 13.1 Å². The highest BCUT2D eigenvalue weighted by Crippen LogP contribution is 2.30. The first-order chi connectivity index (χ1) is 12.5. The molecule has 0 unspecified atom stereocenters. The van der Waals surface area contributed by atoms with Gasteiger partial charge >= 0.3 is 0 Å². The van der Waals surface area contributed by atoms with E-state index in [4.69, 9.17) is 9.47 Å². The highest BCUT2D eigenvalue weighted by molar-refractivity contribution is 7.89. The number of rotatable bonds is 7. The van der Waals surface area contributed by atoms with Crippen LogP contribution in [0.3, 0.4) is 0 Å². The molecular formula is C20H25NO4S. The minimum absolute atomic E-state index is 0.288. The van der Waals surface area contributed by atoms with Crippen LogP contribution >= 0.6 is 0 Å². The molecule has 0 aliphatic heterocycles. The lowest BCUT2D eigenvalue weighted by Gasteiger charge is -2.21. The van der Waals surface area contributed by atoms with E-state index in [-0.39, 0.29) is 6.54 Å². The number of aryl methyl sites for hydroxylation is 2. The summed E-state index contributed by atoms with van der Waals surface area (Å²) in [4.78, 5) is 0.375. The summed E-state index contributed by atoms with van der Waals surface area (Å²) in [5.74, 6) is 1.22. The van der Waals surface area contributed by atoms with Crippen LogP contribution in [0.2, 0.25) is 0 Å². The molecule has 0 saturated heterocycles. The Morgan fingerprint density at radius 2 is 1.69 bits per heavy atom. The molecule has 5 nitrogen and oxygen atoms in total. The summed E-state index contributed by atoms with van der Waals surface area (Å²) in [7, 11) is -0.397. The van der Waals surface area contributed by atoms with Crippen LogP contribution in [0.5, 0.6) is 11.5 Å². The summed E-state index contributed by atoms with van der Waals surface area (Å²) in [5.41, 5.74) is 3.29. The number of fused-ring (bicyclic) bond motifs is 1. The Hall–Kier alpha value is -2.05. The second-order valence-corrected chi connectivity index (χ2v) is 8.34. The number of hydrogen-bond acceptors (Lipinski definition) is 4. The van der Waals surface area contributed by atoms with Gasteiger partial charge in [-0.25, -0.2) is 8.42 Å². The number of sulfonamides is 1. The van der Waals surface area contributed by atoms with Gasteiger partial charge in [0.15, 0.2) is 11.5 Å². The molecule has 26 heavy (non-hydrogen) atoms. The molecule has 0 amide bonds. The predicted molar refractivity (Wildman–Crippen MR) is 101 cm³/mol. The van der Waals surface area contributed by atoms with Gasteiger partial charge in [0.25, 0.3) is 0 Å². The van der Waals surface area contributed by atoms with Crippen LogP contribution in [0, 0.1) is 0 Å². The third kappa shape index (κ3) is 3.57. The lowest BCUT2D eigenvalue weighted by molar-refractivity contribution is 0.353. The van der Waals surface area contributed by atoms with Crippen LogP contribution in [0.15, 0.2) is 41.3 Å². The fourth-order valence-electron chi connectivity index (χ4n) is 3.41. The first kappa shape index (κ1) is 18.7. The Bertz CT molecular complexity index is 893. The molecule has 0 N–H and O–H groups in total. The zero-order chi connectivity index (χ0) is 18.7. The molecule has 6 heteroatoms. The topological polar surface area (TPSA) is 55.8 Å². The van der Waals surface area contributed by atoms with Crippen molar-refractivity contribution >= 4 is 10.0 Å². The maximum absolute atomic E-state index is 13.1. The largest absolute Gasteiger partial charge is 0.493 e. The second kappa shape index (κ2) is 7.68. The Balaban J connectivity index is 1.88. The fourth-order valence-corrected chi connectivity index (χ4v) is 4.90. The van der Waals surface area contributed by atoms with Crippen LogP contribution in [0.1, 0.15) is 30.0 Å². The summed E-state index contributed by atoms with van der Waals surface area (Å²) in [6.07, 6.45) is 3.10. The number of nitrogens with zero attached hydrogens (tertiary/aromatic N) is 1. The Morgan fingerprint density at radius 3 is 2.38 bits per heavy atom. The van der Waals surface area contributed by atoms with Gasteiger partial charge < -0.3 is 9.47 Å². The third-order valence-electron chi connectivity index (χ3n) is 4.87. The average Bonchev–Trinajstić information content (AvgIpc) is 3.13. The van der Waals surface area contributed by atoms with Crippen molar-refractivity contribution in [1.29, 1.82) is 0 Å². The first-order valence-corrected chi connectivity index (χ1v) is 10.3. The SMILES string of the molecule is CCN(Cc1ccc(OC)c(OC)c1)S(=O)(=O)c1ccc2c(c1)CCC2. The van der Waals surface area contributed by atoms with E-state index in [0.717, 1.165) is 30.4 Å². The molecule has 0 bridgehead atoms. The molecule has 0 atom stereocenters. The maximum atomic E-state index is 13.1. The van der Waals surface area contributed by atoms with Gasteiger partial charge in [-0.3, -0.25) is 0 Å². The molecule has 0 fully saturated rings. The van der Waals surface area contributed by atoms with Crippen molar-refractivity contribution in [2.45, 2.75) is 37.6 Å². The minimum atomic E-state index is -3.54. The van der Waals surface area contributed by atoms with E-state index in [1.54, 1.807) is 26.4 Å². The normalized spacial score (nSPS) is 13.7. The molecule has 0 spiro atoms. The minimum Gasteiger partial charge on any atom is -0.493 e. The van der Waals surface area contributed by atoms with E-state index >= 15 is 0 Å².